The summed E-state index contributed by atoms with van der Waals surface area (Å²) in [7, 11) is 0. The molecule has 0 saturated carbocycles. The normalized spacial score (nSPS) is 19.5. The highest BCUT2D eigenvalue weighted by Gasteiger charge is 2.34. The van der Waals surface area contributed by atoms with Crippen molar-refractivity contribution in [3.8, 4) is 0 Å². The van der Waals surface area contributed by atoms with Crippen molar-refractivity contribution < 1.29 is 5.11 Å². The first-order valence-corrected chi connectivity index (χ1v) is 4.39. The van der Waals surface area contributed by atoms with Gasteiger partial charge in [-0.3, -0.25) is 9.97 Å². The Bertz CT molecular complexity index is 292. The number of hydrogen-bond donors (Lipinski definition) is 2. The molecule has 13 heavy (non-hydrogen) atoms. The Morgan fingerprint density at radius 3 is 2.69 bits per heavy atom. The summed E-state index contributed by atoms with van der Waals surface area (Å²) in [4.78, 5) is 8.32. The van der Waals surface area contributed by atoms with Crippen LogP contribution in [0.5, 0.6) is 0 Å². The molecule has 1 saturated heterocycles. The second kappa shape index (κ2) is 3.05. The number of β-amino-alcohol motifs (C(OH)–C–C–N with tert-alkyl or cyclic N) is 1. The van der Waals surface area contributed by atoms with Gasteiger partial charge in [-0.2, -0.15) is 0 Å². The Hall–Kier alpha value is -1.00. The van der Waals surface area contributed by atoms with Crippen LogP contribution in [0.25, 0.3) is 0 Å². The van der Waals surface area contributed by atoms with Gasteiger partial charge >= 0.3 is 0 Å². The van der Waals surface area contributed by atoms with E-state index in [-0.39, 0.29) is 0 Å². The van der Waals surface area contributed by atoms with Crippen molar-refractivity contribution in [2.75, 3.05) is 13.1 Å². The Balaban J connectivity index is 2.05. The van der Waals surface area contributed by atoms with E-state index in [0.717, 1.165) is 11.4 Å². The SMILES string of the molecule is Cc1cnc(CC2(O)CNC2)cn1. The molecule has 0 aliphatic carbocycles. The summed E-state index contributed by atoms with van der Waals surface area (Å²) < 4.78 is 0. The van der Waals surface area contributed by atoms with E-state index >= 15 is 0 Å². The molecule has 4 nitrogen and oxygen atoms in total. The number of nitrogens with zero attached hydrogens (tertiary/aromatic N) is 2. The van der Waals surface area contributed by atoms with E-state index in [0.29, 0.717) is 19.5 Å². The van der Waals surface area contributed by atoms with E-state index < -0.39 is 5.60 Å². The van der Waals surface area contributed by atoms with Gasteiger partial charge in [0.05, 0.1) is 17.0 Å². The first-order valence-electron chi connectivity index (χ1n) is 4.39. The van der Waals surface area contributed by atoms with E-state index in [9.17, 15) is 5.11 Å². The minimum absolute atomic E-state index is 0.591. The third-order valence-electron chi connectivity index (χ3n) is 2.25. The Kier molecular flexibility index (Phi) is 2.01. The van der Waals surface area contributed by atoms with Crippen molar-refractivity contribution in [3.63, 3.8) is 0 Å². The Morgan fingerprint density at radius 1 is 1.46 bits per heavy atom. The summed E-state index contributed by atoms with van der Waals surface area (Å²) in [6.45, 7) is 3.21. The van der Waals surface area contributed by atoms with Crippen LogP contribution in [0.1, 0.15) is 11.4 Å². The van der Waals surface area contributed by atoms with E-state index in [4.69, 9.17) is 0 Å². The van der Waals surface area contributed by atoms with Gasteiger partial charge in [0.25, 0.3) is 0 Å². The maximum absolute atomic E-state index is 9.80. The molecular formula is C9H13N3O. The molecular weight excluding hydrogens is 166 g/mol. The number of nitrogens with one attached hydrogen (secondary N) is 1. The number of aliphatic hydroxyl groups is 1. The van der Waals surface area contributed by atoms with Gasteiger partial charge in [0.1, 0.15) is 0 Å². The maximum atomic E-state index is 9.80. The van der Waals surface area contributed by atoms with Gasteiger partial charge in [-0.05, 0) is 6.92 Å². The van der Waals surface area contributed by atoms with Crippen LogP contribution in [0.15, 0.2) is 12.4 Å². The van der Waals surface area contributed by atoms with Crippen LogP contribution < -0.4 is 5.32 Å². The average Bonchev–Trinajstić information content (AvgIpc) is 2.06. The molecule has 0 unspecified atom stereocenters. The van der Waals surface area contributed by atoms with E-state index in [1.54, 1.807) is 12.4 Å². The average molecular weight is 179 g/mol. The fraction of sp³-hybridized carbons (Fsp3) is 0.556. The molecule has 0 amide bonds. The van der Waals surface area contributed by atoms with Crippen molar-refractivity contribution in [1.29, 1.82) is 0 Å². The minimum Gasteiger partial charge on any atom is -0.387 e. The summed E-state index contributed by atoms with van der Waals surface area (Å²) in [5, 5.41) is 12.8. The molecule has 1 aromatic heterocycles. The van der Waals surface area contributed by atoms with Crippen LogP contribution in [0.2, 0.25) is 0 Å². The lowest BCUT2D eigenvalue weighted by molar-refractivity contribution is -0.00989. The standard InChI is InChI=1S/C9H13N3O/c1-7-3-12-8(4-11-7)2-9(13)5-10-6-9/h3-4,10,13H,2,5-6H2,1H3. The van der Waals surface area contributed by atoms with Gasteiger partial charge in [-0.15, -0.1) is 0 Å². The summed E-state index contributed by atoms with van der Waals surface area (Å²) >= 11 is 0. The molecule has 0 radical (unpaired) electrons. The molecule has 0 bridgehead atoms. The number of rotatable bonds is 2. The largest absolute Gasteiger partial charge is 0.387 e. The lowest BCUT2D eigenvalue weighted by Gasteiger charge is -2.37. The molecule has 70 valence electrons. The first kappa shape index (κ1) is 8.59. The third-order valence-corrected chi connectivity index (χ3v) is 2.25. The van der Waals surface area contributed by atoms with Gasteiger partial charge in [0.2, 0.25) is 0 Å². The zero-order valence-electron chi connectivity index (χ0n) is 7.62. The molecule has 0 atom stereocenters. The quantitative estimate of drug-likeness (QED) is 0.652. The number of hydrogen-bond acceptors (Lipinski definition) is 4. The molecule has 2 N–H and O–H groups in total. The zero-order valence-corrected chi connectivity index (χ0v) is 7.62. The Labute approximate surface area is 77.0 Å². The third kappa shape index (κ3) is 1.84. The zero-order chi connectivity index (χ0) is 9.31. The van der Waals surface area contributed by atoms with Crippen LogP contribution in [-0.4, -0.2) is 33.8 Å². The molecule has 4 heteroatoms. The van der Waals surface area contributed by atoms with Gasteiger partial charge < -0.3 is 10.4 Å². The highest BCUT2D eigenvalue weighted by Crippen LogP contribution is 2.15. The smallest absolute Gasteiger partial charge is 0.0950 e. The Morgan fingerprint density at radius 2 is 2.23 bits per heavy atom. The predicted octanol–water partition coefficient (Wildman–Crippen LogP) is -0.338. The van der Waals surface area contributed by atoms with Crippen molar-refractivity contribution in [2.24, 2.45) is 0 Å². The fourth-order valence-electron chi connectivity index (χ4n) is 1.39. The fourth-order valence-corrected chi connectivity index (χ4v) is 1.39. The monoisotopic (exact) mass is 179 g/mol. The minimum atomic E-state index is -0.593. The summed E-state index contributed by atoms with van der Waals surface area (Å²) in [5.74, 6) is 0. The topological polar surface area (TPSA) is 58.0 Å². The molecule has 0 spiro atoms. The number of aromatic nitrogens is 2. The van der Waals surface area contributed by atoms with E-state index in [1.165, 1.54) is 0 Å². The summed E-state index contributed by atoms with van der Waals surface area (Å²) in [6, 6.07) is 0. The van der Waals surface area contributed by atoms with Gasteiger partial charge in [-0.25, -0.2) is 0 Å². The molecule has 2 rings (SSSR count). The van der Waals surface area contributed by atoms with Crippen LogP contribution in [0.3, 0.4) is 0 Å². The van der Waals surface area contributed by atoms with Crippen molar-refractivity contribution in [3.05, 3.63) is 23.8 Å². The molecule has 0 aromatic carbocycles. The van der Waals surface area contributed by atoms with Crippen LogP contribution in [0.4, 0.5) is 0 Å². The second-order valence-corrected chi connectivity index (χ2v) is 3.65. The molecule has 1 aliphatic heterocycles. The van der Waals surface area contributed by atoms with Crippen molar-refractivity contribution >= 4 is 0 Å². The second-order valence-electron chi connectivity index (χ2n) is 3.65. The predicted molar refractivity (Wildman–Crippen MR) is 48.3 cm³/mol. The lowest BCUT2D eigenvalue weighted by atomic mass is 9.92. The van der Waals surface area contributed by atoms with Gasteiger partial charge in [0, 0.05) is 31.9 Å². The van der Waals surface area contributed by atoms with E-state index in [1.807, 2.05) is 6.92 Å². The van der Waals surface area contributed by atoms with Gasteiger partial charge in [0.15, 0.2) is 0 Å². The molecule has 2 heterocycles. The van der Waals surface area contributed by atoms with Crippen LogP contribution in [-0.2, 0) is 6.42 Å². The number of aryl methyl sites for hydroxylation is 1. The summed E-state index contributed by atoms with van der Waals surface area (Å²) in [6.07, 6.45) is 4.05. The maximum Gasteiger partial charge on any atom is 0.0950 e. The highest BCUT2D eigenvalue weighted by molar-refractivity contribution is 5.08. The first-order chi connectivity index (χ1) is 6.18. The molecule has 1 fully saturated rings. The van der Waals surface area contributed by atoms with Crippen molar-refractivity contribution in [1.82, 2.24) is 15.3 Å². The van der Waals surface area contributed by atoms with Gasteiger partial charge in [-0.1, -0.05) is 0 Å². The van der Waals surface area contributed by atoms with E-state index in [2.05, 4.69) is 15.3 Å². The summed E-state index contributed by atoms with van der Waals surface area (Å²) in [5.41, 5.74) is 1.17. The molecule has 1 aromatic rings. The van der Waals surface area contributed by atoms with Crippen molar-refractivity contribution in [2.45, 2.75) is 18.9 Å². The van der Waals surface area contributed by atoms with Crippen LogP contribution >= 0.6 is 0 Å². The molecule has 1 aliphatic rings. The van der Waals surface area contributed by atoms with Crippen LogP contribution in [0, 0.1) is 6.92 Å². The highest BCUT2D eigenvalue weighted by atomic mass is 16.3. The lowest BCUT2D eigenvalue weighted by Crippen LogP contribution is -2.60.